The Morgan fingerprint density at radius 3 is 2.14 bits per heavy atom. The topological polar surface area (TPSA) is 71.2 Å². The second-order valence-corrected chi connectivity index (χ2v) is 14.7. The van der Waals surface area contributed by atoms with Crippen molar-refractivity contribution in [2.45, 2.75) is 51.1 Å². The molecule has 3 aromatic rings. The number of H-pyrrole nitrogens is 1. The van der Waals surface area contributed by atoms with Crippen LogP contribution in [-0.2, 0) is 6.18 Å². The van der Waals surface area contributed by atoms with Gasteiger partial charge in [0.1, 0.15) is 17.0 Å². The molecule has 5 nitrogen and oxygen atoms in total. The smallest absolute Gasteiger partial charge is 0.431 e. The molecule has 192 valence electrons. The fraction of sp³-hybridized carbons (Fsp3) is 0.308. The van der Waals surface area contributed by atoms with E-state index in [0.29, 0.717) is 17.2 Å². The van der Waals surface area contributed by atoms with Crippen LogP contribution in [0.5, 0.6) is 5.75 Å². The number of alkyl halides is 3. The Labute approximate surface area is 207 Å². The van der Waals surface area contributed by atoms with Gasteiger partial charge in [-0.3, -0.25) is 9.59 Å². The minimum Gasteiger partial charge on any atom is -0.542 e. The average Bonchev–Trinajstić information content (AvgIpc) is 2.77. The quantitative estimate of drug-likeness (QED) is 0.290. The minimum atomic E-state index is -4.76. The number of nitrogens with one attached hydrogen (secondary N) is 2. The molecule has 1 amide bonds. The zero-order valence-electron chi connectivity index (χ0n) is 20.6. The maximum atomic E-state index is 15.1. The van der Waals surface area contributed by atoms with Crippen molar-refractivity contribution in [3.63, 3.8) is 0 Å². The van der Waals surface area contributed by atoms with E-state index in [9.17, 15) is 22.8 Å². The summed E-state index contributed by atoms with van der Waals surface area (Å²) in [7, 11) is -2.31. The van der Waals surface area contributed by atoms with Gasteiger partial charge in [-0.1, -0.05) is 57.2 Å². The number of amides is 1. The molecule has 0 spiro atoms. The van der Waals surface area contributed by atoms with Crippen LogP contribution in [0.25, 0.3) is 0 Å². The van der Waals surface area contributed by atoms with Crippen molar-refractivity contribution in [1.82, 2.24) is 10.3 Å². The van der Waals surface area contributed by atoms with Crippen LogP contribution >= 0.6 is 0 Å². The van der Waals surface area contributed by atoms with Gasteiger partial charge in [0.05, 0.1) is 6.04 Å². The largest absolute Gasteiger partial charge is 0.542 e. The molecular weight excluding hydrogens is 492 g/mol. The van der Waals surface area contributed by atoms with E-state index < -0.39 is 49.1 Å². The van der Waals surface area contributed by atoms with Gasteiger partial charge < -0.3 is 14.7 Å². The molecular formula is C26H28F4N2O3Si. The van der Waals surface area contributed by atoms with Gasteiger partial charge in [-0.05, 0) is 53.5 Å². The van der Waals surface area contributed by atoms with Crippen LogP contribution in [0.3, 0.4) is 0 Å². The van der Waals surface area contributed by atoms with E-state index in [0.717, 1.165) is 6.07 Å². The molecule has 0 aliphatic rings. The number of carbonyl (C=O) groups is 1. The van der Waals surface area contributed by atoms with Gasteiger partial charge in [0.25, 0.3) is 19.8 Å². The lowest BCUT2D eigenvalue weighted by Crippen LogP contribution is -2.44. The molecule has 0 aliphatic carbocycles. The van der Waals surface area contributed by atoms with Crippen molar-refractivity contribution in [3.05, 3.63) is 99.2 Å². The van der Waals surface area contributed by atoms with Gasteiger partial charge in [-0.2, -0.15) is 13.2 Å². The van der Waals surface area contributed by atoms with Gasteiger partial charge in [-0.15, -0.1) is 0 Å². The normalized spacial score (nSPS) is 13.2. The van der Waals surface area contributed by atoms with E-state index in [1.54, 1.807) is 41.4 Å². The fourth-order valence-electron chi connectivity index (χ4n) is 3.24. The molecule has 3 rings (SSSR count). The molecule has 1 aromatic heterocycles. The second-order valence-electron chi connectivity index (χ2n) is 9.98. The summed E-state index contributed by atoms with van der Waals surface area (Å²) in [4.78, 5) is 26.8. The van der Waals surface area contributed by atoms with Crippen molar-refractivity contribution < 1.29 is 26.8 Å². The Balaban J connectivity index is 1.96. The Hall–Kier alpha value is -3.40. The molecule has 10 heteroatoms. The minimum absolute atomic E-state index is 0.0997. The molecule has 36 heavy (non-hydrogen) atoms. The summed E-state index contributed by atoms with van der Waals surface area (Å²) in [6.45, 7) is 10.1. The van der Waals surface area contributed by atoms with E-state index in [1.165, 1.54) is 12.1 Å². The highest BCUT2D eigenvalue weighted by molar-refractivity contribution is 6.74. The van der Waals surface area contributed by atoms with Crippen molar-refractivity contribution in [1.29, 1.82) is 0 Å². The summed E-state index contributed by atoms with van der Waals surface area (Å²) in [6.07, 6.45) is -4.76. The standard InChI is InChI=1S/C26H28F4N2O3Si/c1-25(2,3)36(4,5)35-20-13-11-17(15-19(20)27)22(16-9-7-6-8-10-16)32-24(34)18-12-14-21(26(28,29)30)31-23(18)33/h6-15,22H,1-5H3,(H,31,33)(H,32,34). The summed E-state index contributed by atoms with van der Waals surface area (Å²) in [5, 5.41) is 2.50. The lowest BCUT2D eigenvalue weighted by atomic mass is 9.98. The molecule has 0 saturated carbocycles. The monoisotopic (exact) mass is 520 g/mol. The number of aromatic nitrogens is 1. The molecule has 1 heterocycles. The number of aromatic amines is 1. The van der Waals surface area contributed by atoms with Gasteiger partial charge in [0.15, 0.2) is 5.82 Å². The highest BCUT2D eigenvalue weighted by Crippen LogP contribution is 2.38. The third kappa shape index (κ3) is 6.04. The van der Waals surface area contributed by atoms with E-state index in [4.69, 9.17) is 4.43 Å². The lowest BCUT2D eigenvalue weighted by Gasteiger charge is -2.36. The number of halogens is 4. The maximum absolute atomic E-state index is 15.1. The van der Waals surface area contributed by atoms with Crippen molar-refractivity contribution in [2.24, 2.45) is 0 Å². The summed E-state index contributed by atoms with van der Waals surface area (Å²) in [5.41, 5.74) is -1.98. The van der Waals surface area contributed by atoms with E-state index in [1.807, 2.05) is 33.9 Å². The highest BCUT2D eigenvalue weighted by atomic mass is 28.4. The molecule has 0 radical (unpaired) electrons. The van der Waals surface area contributed by atoms with Crippen LogP contribution in [-0.4, -0.2) is 19.2 Å². The number of pyridine rings is 1. The third-order valence-electron chi connectivity index (χ3n) is 6.33. The lowest BCUT2D eigenvalue weighted by molar-refractivity contribution is -0.141. The van der Waals surface area contributed by atoms with Crippen LogP contribution in [0.2, 0.25) is 18.1 Å². The van der Waals surface area contributed by atoms with Crippen molar-refractivity contribution >= 4 is 14.2 Å². The number of benzene rings is 2. The first-order valence-electron chi connectivity index (χ1n) is 11.2. The van der Waals surface area contributed by atoms with E-state index in [-0.39, 0.29) is 10.8 Å². The Bertz CT molecular complexity index is 1300. The van der Waals surface area contributed by atoms with Crippen LogP contribution in [0, 0.1) is 5.82 Å². The Morgan fingerprint density at radius 1 is 0.972 bits per heavy atom. The van der Waals surface area contributed by atoms with Crippen molar-refractivity contribution in [2.75, 3.05) is 0 Å². The molecule has 1 unspecified atom stereocenters. The van der Waals surface area contributed by atoms with E-state index >= 15 is 4.39 Å². The highest BCUT2D eigenvalue weighted by Gasteiger charge is 2.39. The van der Waals surface area contributed by atoms with Gasteiger partial charge >= 0.3 is 6.18 Å². The first kappa shape index (κ1) is 27.2. The van der Waals surface area contributed by atoms with Crippen LogP contribution in [0.15, 0.2) is 65.5 Å². The summed E-state index contributed by atoms with van der Waals surface area (Å²) >= 11 is 0. The molecule has 2 aromatic carbocycles. The molecule has 1 atom stereocenters. The Kier molecular flexibility index (Phi) is 7.49. The second kappa shape index (κ2) is 9.92. The molecule has 0 saturated heterocycles. The van der Waals surface area contributed by atoms with Crippen LogP contribution < -0.4 is 15.3 Å². The number of carbonyl (C=O) groups excluding carboxylic acids is 1. The molecule has 0 aliphatic heterocycles. The van der Waals surface area contributed by atoms with E-state index in [2.05, 4.69) is 5.32 Å². The van der Waals surface area contributed by atoms with Crippen LogP contribution in [0.4, 0.5) is 17.6 Å². The first-order valence-corrected chi connectivity index (χ1v) is 14.2. The van der Waals surface area contributed by atoms with Gasteiger partial charge in [0, 0.05) is 0 Å². The summed E-state index contributed by atoms with van der Waals surface area (Å²) < 4.78 is 59.9. The number of hydrogen-bond acceptors (Lipinski definition) is 3. The third-order valence-corrected chi connectivity index (χ3v) is 10.7. The number of hydrogen-bond donors (Lipinski definition) is 2. The van der Waals surface area contributed by atoms with Crippen LogP contribution in [0.1, 0.15) is 54.0 Å². The van der Waals surface area contributed by atoms with Gasteiger partial charge in [0.2, 0.25) is 0 Å². The Morgan fingerprint density at radius 2 is 1.61 bits per heavy atom. The predicted molar refractivity (Wildman–Crippen MR) is 132 cm³/mol. The zero-order valence-corrected chi connectivity index (χ0v) is 21.6. The molecule has 0 bridgehead atoms. The maximum Gasteiger partial charge on any atom is 0.431 e. The first-order chi connectivity index (χ1) is 16.6. The fourth-order valence-corrected chi connectivity index (χ4v) is 4.26. The number of rotatable bonds is 6. The molecule has 2 N–H and O–H groups in total. The van der Waals surface area contributed by atoms with Crippen molar-refractivity contribution in [3.8, 4) is 5.75 Å². The van der Waals surface area contributed by atoms with Gasteiger partial charge in [-0.25, -0.2) is 4.39 Å². The SMILES string of the molecule is CC(C)(C)[Si](C)(C)Oc1ccc(C(NC(=O)c2ccc(C(F)(F)F)[nH]c2=O)c2ccccc2)cc1F. The summed E-state index contributed by atoms with van der Waals surface area (Å²) in [5.74, 6) is -1.41. The molecule has 0 fully saturated rings. The predicted octanol–water partition coefficient (Wildman–Crippen LogP) is 6.44. The average molecular weight is 521 g/mol. The summed E-state index contributed by atoms with van der Waals surface area (Å²) in [6, 6.07) is 13.6. The zero-order chi connectivity index (χ0) is 26.9.